The summed E-state index contributed by atoms with van der Waals surface area (Å²) < 4.78 is 0. The third-order valence-corrected chi connectivity index (χ3v) is 5.05. The zero-order valence-electron chi connectivity index (χ0n) is 14.0. The first-order chi connectivity index (χ1) is 10.4. The topological polar surface area (TPSA) is 29.0 Å². The molecule has 3 rings (SSSR count). The van der Waals surface area contributed by atoms with Crippen LogP contribution >= 0.6 is 0 Å². The average molecular weight is 295 g/mol. The van der Waals surface area contributed by atoms with E-state index in [1.54, 1.807) is 0 Å². The molecule has 0 bridgehead atoms. The van der Waals surface area contributed by atoms with Gasteiger partial charge in [-0.05, 0) is 31.4 Å². The van der Waals surface area contributed by atoms with Crippen molar-refractivity contribution < 1.29 is 0 Å². The number of hydrogen-bond donors (Lipinski definition) is 0. The molecule has 1 heterocycles. The molecule has 1 aromatic heterocycles. The highest BCUT2D eigenvalue weighted by atomic mass is 15.1. The van der Waals surface area contributed by atoms with E-state index in [0.29, 0.717) is 5.41 Å². The number of rotatable bonds is 5. The predicted molar refractivity (Wildman–Crippen MR) is 89.6 cm³/mol. The van der Waals surface area contributed by atoms with Crippen LogP contribution in [0.4, 0.5) is 0 Å². The maximum Gasteiger partial charge on any atom is 0.0726 e. The summed E-state index contributed by atoms with van der Waals surface area (Å²) in [5, 5.41) is 0. The van der Waals surface area contributed by atoms with E-state index in [4.69, 9.17) is 0 Å². The molecule has 0 amide bonds. The summed E-state index contributed by atoms with van der Waals surface area (Å²) in [5.74, 6) is 0. The van der Waals surface area contributed by atoms with Gasteiger partial charge in [-0.2, -0.15) is 0 Å². The standard InChI is InChI=1S/C19H25N3/c1-15-10-21-17(11-20-15)12-22(4)14-19(13-18(19,2)3)16-8-6-5-7-9-16/h5-11H,12-14H2,1-4H3. The molecule has 0 N–H and O–H groups in total. The molecule has 1 saturated carbocycles. The Morgan fingerprint density at radius 1 is 1.09 bits per heavy atom. The molecule has 0 spiro atoms. The molecule has 1 unspecified atom stereocenters. The minimum Gasteiger partial charge on any atom is -0.300 e. The van der Waals surface area contributed by atoms with Crippen molar-refractivity contribution >= 4 is 0 Å². The van der Waals surface area contributed by atoms with E-state index in [0.717, 1.165) is 24.5 Å². The summed E-state index contributed by atoms with van der Waals surface area (Å²) in [6.07, 6.45) is 4.98. The normalized spacial score (nSPS) is 22.8. The molecule has 0 aliphatic heterocycles. The Hall–Kier alpha value is -1.74. The molecule has 1 atom stereocenters. The van der Waals surface area contributed by atoms with Crippen molar-refractivity contribution in [2.24, 2.45) is 5.41 Å². The molecule has 116 valence electrons. The smallest absolute Gasteiger partial charge is 0.0726 e. The first kappa shape index (κ1) is 15.2. The minimum atomic E-state index is 0.265. The second-order valence-electron chi connectivity index (χ2n) is 7.33. The molecule has 3 heteroatoms. The van der Waals surface area contributed by atoms with Gasteiger partial charge in [0, 0.05) is 30.9 Å². The third kappa shape index (κ3) is 2.78. The molecule has 0 saturated heterocycles. The van der Waals surface area contributed by atoms with Gasteiger partial charge < -0.3 is 0 Å². The van der Waals surface area contributed by atoms with E-state index in [1.165, 1.54) is 12.0 Å². The lowest BCUT2D eigenvalue weighted by Gasteiger charge is -2.27. The number of nitrogens with zero attached hydrogens (tertiary/aromatic N) is 3. The fourth-order valence-corrected chi connectivity index (χ4v) is 3.62. The molecule has 1 aliphatic rings. The highest BCUT2D eigenvalue weighted by molar-refractivity contribution is 5.37. The van der Waals surface area contributed by atoms with Crippen molar-refractivity contribution in [2.45, 2.75) is 39.2 Å². The SMILES string of the molecule is Cc1cnc(CN(C)CC2(c3ccccc3)CC2(C)C)cn1. The van der Waals surface area contributed by atoms with Crippen molar-refractivity contribution in [2.75, 3.05) is 13.6 Å². The fourth-order valence-electron chi connectivity index (χ4n) is 3.62. The number of likely N-dealkylation sites (N-methyl/N-ethyl adjacent to an activating group) is 1. The Labute approximate surface area is 133 Å². The zero-order valence-corrected chi connectivity index (χ0v) is 14.0. The Balaban J connectivity index is 1.74. The summed E-state index contributed by atoms with van der Waals surface area (Å²) in [4.78, 5) is 11.2. The first-order valence-corrected chi connectivity index (χ1v) is 7.95. The van der Waals surface area contributed by atoms with Gasteiger partial charge in [0.25, 0.3) is 0 Å². The van der Waals surface area contributed by atoms with Crippen LogP contribution in [-0.2, 0) is 12.0 Å². The lowest BCUT2D eigenvalue weighted by Crippen LogP contribution is -2.32. The van der Waals surface area contributed by atoms with Gasteiger partial charge in [0.15, 0.2) is 0 Å². The summed E-state index contributed by atoms with van der Waals surface area (Å²) in [5.41, 5.74) is 4.09. The number of aryl methyl sites for hydroxylation is 1. The van der Waals surface area contributed by atoms with Gasteiger partial charge >= 0.3 is 0 Å². The van der Waals surface area contributed by atoms with Crippen molar-refractivity contribution in [1.29, 1.82) is 0 Å². The van der Waals surface area contributed by atoms with Gasteiger partial charge in [-0.25, -0.2) is 0 Å². The lowest BCUT2D eigenvalue weighted by atomic mass is 9.87. The van der Waals surface area contributed by atoms with E-state index in [-0.39, 0.29) is 5.41 Å². The van der Waals surface area contributed by atoms with Gasteiger partial charge in [-0.1, -0.05) is 44.2 Å². The molecule has 0 radical (unpaired) electrons. The molecule has 1 aromatic carbocycles. The van der Waals surface area contributed by atoms with Crippen LogP contribution < -0.4 is 0 Å². The molecule has 2 aromatic rings. The largest absolute Gasteiger partial charge is 0.300 e. The first-order valence-electron chi connectivity index (χ1n) is 7.95. The van der Waals surface area contributed by atoms with Crippen molar-refractivity contribution in [3.05, 3.63) is 59.7 Å². The van der Waals surface area contributed by atoms with Gasteiger partial charge in [0.05, 0.1) is 11.4 Å². The van der Waals surface area contributed by atoms with Crippen LogP contribution in [0.25, 0.3) is 0 Å². The minimum absolute atomic E-state index is 0.265. The summed E-state index contributed by atoms with van der Waals surface area (Å²) in [7, 11) is 2.18. The zero-order chi connectivity index (χ0) is 15.8. The van der Waals surface area contributed by atoms with Crippen molar-refractivity contribution in [1.82, 2.24) is 14.9 Å². The Kier molecular flexibility index (Phi) is 3.77. The second kappa shape index (κ2) is 5.47. The van der Waals surface area contributed by atoms with Crippen molar-refractivity contribution in [3.8, 4) is 0 Å². The molecule has 1 fully saturated rings. The maximum atomic E-state index is 4.47. The Bertz CT molecular complexity index is 633. The monoisotopic (exact) mass is 295 g/mol. The van der Waals surface area contributed by atoms with E-state index in [1.807, 2.05) is 19.3 Å². The lowest BCUT2D eigenvalue weighted by molar-refractivity contribution is 0.268. The van der Waals surface area contributed by atoms with Crippen LogP contribution in [0, 0.1) is 12.3 Å². The van der Waals surface area contributed by atoms with Crippen LogP contribution in [0.15, 0.2) is 42.7 Å². The van der Waals surface area contributed by atoms with Gasteiger partial charge in [-0.3, -0.25) is 14.9 Å². The second-order valence-corrected chi connectivity index (χ2v) is 7.33. The Morgan fingerprint density at radius 2 is 1.77 bits per heavy atom. The van der Waals surface area contributed by atoms with Crippen LogP contribution in [0.1, 0.15) is 37.2 Å². The van der Waals surface area contributed by atoms with E-state index < -0.39 is 0 Å². The summed E-state index contributed by atoms with van der Waals surface area (Å²) in [6.45, 7) is 8.62. The Morgan fingerprint density at radius 3 is 2.32 bits per heavy atom. The molecule has 1 aliphatic carbocycles. The number of hydrogen-bond acceptors (Lipinski definition) is 3. The van der Waals surface area contributed by atoms with Crippen molar-refractivity contribution in [3.63, 3.8) is 0 Å². The van der Waals surface area contributed by atoms with E-state index in [9.17, 15) is 0 Å². The molecule has 22 heavy (non-hydrogen) atoms. The number of aromatic nitrogens is 2. The predicted octanol–water partition coefficient (Wildman–Crippen LogP) is 3.58. The molecule has 3 nitrogen and oxygen atoms in total. The average Bonchev–Trinajstić information content (AvgIpc) is 3.04. The van der Waals surface area contributed by atoms with Gasteiger partial charge in [0.1, 0.15) is 0 Å². The highest BCUT2D eigenvalue weighted by Crippen LogP contribution is 2.64. The molecular formula is C19H25N3. The maximum absolute atomic E-state index is 4.47. The van der Waals surface area contributed by atoms with Crippen LogP contribution in [0.3, 0.4) is 0 Å². The van der Waals surface area contributed by atoms with Gasteiger partial charge in [0.2, 0.25) is 0 Å². The van der Waals surface area contributed by atoms with E-state index in [2.05, 4.69) is 66.1 Å². The quantitative estimate of drug-likeness (QED) is 0.844. The fraction of sp³-hybridized carbons (Fsp3) is 0.474. The van der Waals surface area contributed by atoms with Gasteiger partial charge in [-0.15, -0.1) is 0 Å². The third-order valence-electron chi connectivity index (χ3n) is 5.05. The number of benzene rings is 1. The van der Waals surface area contributed by atoms with Crippen LogP contribution in [0.5, 0.6) is 0 Å². The van der Waals surface area contributed by atoms with E-state index >= 15 is 0 Å². The summed E-state index contributed by atoms with van der Waals surface area (Å²) in [6, 6.07) is 10.9. The summed E-state index contributed by atoms with van der Waals surface area (Å²) >= 11 is 0. The van der Waals surface area contributed by atoms with Crippen LogP contribution in [0.2, 0.25) is 0 Å². The molecular weight excluding hydrogens is 270 g/mol. The highest BCUT2D eigenvalue weighted by Gasteiger charge is 2.61. The van der Waals surface area contributed by atoms with Crippen LogP contribution in [-0.4, -0.2) is 28.5 Å².